The predicted octanol–water partition coefficient (Wildman–Crippen LogP) is 4.14. The van der Waals surface area contributed by atoms with Crippen molar-refractivity contribution in [1.29, 1.82) is 0 Å². The number of carbonyl (C=O) groups excluding carboxylic acids is 1. The molecule has 6 heterocycles. The third kappa shape index (κ3) is 4.97. The van der Waals surface area contributed by atoms with Crippen molar-refractivity contribution >= 4 is 55.5 Å². The monoisotopic (exact) mass is 653 g/mol. The summed E-state index contributed by atoms with van der Waals surface area (Å²) in [6, 6.07) is 8.56. The standard InChI is InChI=1S/C31H32ClN5O5S2/c1-19-3-5-22(6-4-19)44(40,41)37-25(20-8-11-36(12-9-20)29(38)21-7-10-35(2)16-21)13-23-27(24(32)14-33-28(23)37)26-15-34-30(43-26)31(39)17-42-18-31/h3-6,8,13-15,21,39H,7,9-12,16-18H2,1-2H3. The lowest BCUT2D eigenvalue weighted by molar-refractivity contribution is -0.184. The zero-order valence-corrected chi connectivity index (χ0v) is 26.8. The summed E-state index contributed by atoms with van der Waals surface area (Å²) >= 11 is 8.04. The van der Waals surface area contributed by atoms with Crippen LogP contribution in [0.15, 0.2) is 53.7 Å². The molecule has 44 heavy (non-hydrogen) atoms. The van der Waals surface area contributed by atoms with E-state index in [1.807, 2.05) is 31.0 Å². The van der Waals surface area contributed by atoms with Gasteiger partial charge < -0.3 is 19.6 Å². The first kappa shape index (κ1) is 29.6. The summed E-state index contributed by atoms with van der Waals surface area (Å²) < 4.78 is 35.1. The SMILES string of the molecule is Cc1ccc(S(=O)(=O)n2c(C3=CCN(C(=O)C4CCN(C)C4)CC3)cc3c(-c4cnc(C5(O)COC5)s4)c(Cl)cnc32)cc1. The van der Waals surface area contributed by atoms with E-state index in [0.717, 1.165) is 30.6 Å². The van der Waals surface area contributed by atoms with Crippen LogP contribution in [-0.2, 0) is 25.2 Å². The number of thiazole rings is 1. The van der Waals surface area contributed by atoms with E-state index in [2.05, 4.69) is 14.9 Å². The average Bonchev–Trinajstić information content (AvgIpc) is 3.75. The van der Waals surface area contributed by atoms with Gasteiger partial charge in [-0.3, -0.25) is 4.79 Å². The highest BCUT2D eigenvalue weighted by Crippen LogP contribution is 2.43. The van der Waals surface area contributed by atoms with Gasteiger partial charge in [-0.25, -0.2) is 22.4 Å². The highest BCUT2D eigenvalue weighted by molar-refractivity contribution is 7.90. The molecule has 4 aromatic rings. The Bertz CT molecular complexity index is 1910. The Morgan fingerprint density at radius 2 is 1.93 bits per heavy atom. The van der Waals surface area contributed by atoms with Crippen LogP contribution in [0, 0.1) is 12.8 Å². The Labute approximate surface area is 264 Å². The molecule has 3 aromatic heterocycles. The number of aliphatic hydroxyl groups is 1. The molecule has 2 fully saturated rings. The lowest BCUT2D eigenvalue weighted by atomic mass is 10.0. The number of aryl methyl sites for hydroxylation is 1. The molecule has 2 saturated heterocycles. The van der Waals surface area contributed by atoms with Gasteiger partial charge in [-0.15, -0.1) is 11.3 Å². The second-order valence-corrected chi connectivity index (χ2v) is 15.1. The quantitative estimate of drug-likeness (QED) is 0.330. The third-order valence-electron chi connectivity index (χ3n) is 8.72. The number of aromatic nitrogens is 3. The zero-order valence-electron chi connectivity index (χ0n) is 24.4. The first-order valence-electron chi connectivity index (χ1n) is 14.5. The maximum Gasteiger partial charge on any atom is 0.269 e. The molecule has 0 spiro atoms. The van der Waals surface area contributed by atoms with Gasteiger partial charge >= 0.3 is 0 Å². The van der Waals surface area contributed by atoms with Crippen LogP contribution in [0.2, 0.25) is 5.02 Å². The van der Waals surface area contributed by atoms with Crippen molar-refractivity contribution < 1.29 is 23.1 Å². The molecule has 1 N–H and O–H groups in total. The van der Waals surface area contributed by atoms with Gasteiger partial charge in [0.1, 0.15) is 5.01 Å². The molecule has 1 amide bonds. The number of halogens is 1. The summed E-state index contributed by atoms with van der Waals surface area (Å²) in [6.45, 7) is 4.81. The predicted molar refractivity (Wildman–Crippen MR) is 169 cm³/mol. The van der Waals surface area contributed by atoms with Crippen molar-refractivity contribution in [3.8, 4) is 10.4 Å². The molecular formula is C31H32ClN5O5S2. The maximum atomic E-state index is 14.3. The molecule has 0 saturated carbocycles. The number of amides is 1. The maximum absolute atomic E-state index is 14.3. The number of likely N-dealkylation sites (tertiary alicyclic amines) is 1. The molecule has 0 bridgehead atoms. The van der Waals surface area contributed by atoms with Gasteiger partial charge in [0.25, 0.3) is 10.0 Å². The van der Waals surface area contributed by atoms with Gasteiger partial charge in [0.15, 0.2) is 11.2 Å². The molecule has 1 atom stereocenters. The fourth-order valence-electron chi connectivity index (χ4n) is 6.15. The van der Waals surface area contributed by atoms with E-state index in [0.29, 0.717) is 51.1 Å². The molecule has 3 aliphatic rings. The molecule has 7 rings (SSSR count). The van der Waals surface area contributed by atoms with Crippen LogP contribution < -0.4 is 0 Å². The lowest BCUT2D eigenvalue weighted by Gasteiger charge is -2.34. The normalized spacial score (nSPS) is 20.6. The van der Waals surface area contributed by atoms with E-state index in [-0.39, 0.29) is 35.6 Å². The first-order chi connectivity index (χ1) is 21.0. The minimum Gasteiger partial charge on any atom is -0.378 e. The van der Waals surface area contributed by atoms with Crippen LogP contribution in [0.3, 0.4) is 0 Å². The van der Waals surface area contributed by atoms with Crippen LogP contribution >= 0.6 is 22.9 Å². The number of benzene rings is 1. The number of hydrogen-bond acceptors (Lipinski definition) is 9. The van der Waals surface area contributed by atoms with Gasteiger partial charge in [-0.2, -0.15) is 0 Å². The second kappa shape index (κ2) is 11.0. The summed E-state index contributed by atoms with van der Waals surface area (Å²) in [4.78, 5) is 27.1. The fraction of sp³-hybridized carbons (Fsp3) is 0.387. The number of hydrogen-bond donors (Lipinski definition) is 1. The Kier molecular flexibility index (Phi) is 7.42. The van der Waals surface area contributed by atoms with Crippen molar-refractivity contribution in [2.24, 2.45) is 5.92 Å². The van der Waals surface area contributed by atoms with Crippen LogP contribution in [0.25, 0.3) is 27.0 Å². The molecule has 0 aliphatic carbocycles. The number of nitrogens with zero attached hydrogens (tertiary/aromatic N) is 5. The van der Waals surface area contributed by atoms with Gasteiger partial charge in [0.05, 0.1) is 39.6 Å². The number of fused-ring (bicyclic) bond motifs is 1. The van der Waals surface area contributed by atoms with E-state index in [4.69, 9.17) is 16.3 Å². The molecule has 1 aromatic carbocycles. The topological polar surface area (TPSA) is 118 Å². The Balaban J connectivity index is 1.35. The highest BCUT2D eigenvalue weighted by Gasteiger charge is 2.41. The molecule has 230 valence electrons. The summed E-state index contributed by atoms with van der Waals surface area (Å²) in [7, 11) is -2.05. The number of rotatable bonds is 6. The highest BCUT2D eigenvalue weighted by atomic mass is 35.5. The van der Waals surface area contributed by atoms with Gasteiger partial charge in [-0.05, 0) is 57.1 Å². The van der Waals surface area contributed by atoms with Crippen molar-refractivity contribution in [2.45, 2.75) is 30.3 Å². The van der Waals surface area contributed by atoms with Gasteiger partial charge in [0, 0.05) is 43.0 Å². The average molecular weight is 654 g/mol. The molecular weight excluding hydrogens is 622 g/mol. The Morgan fingerprint density at radius 1 is 1.16 bits per heavy atom. The Hall–Kier alpha value is -3.13. The molecule has 3 aliphatic heterocycles. The molecule has 10 nitrogen and oxygen atoms in total. The van der Waals surface area contributed by atoms with E-state index in [1.165, 1.54) is 21.5 Å². The minimum atomic E-state index is -4.08. The Morgan fingerprint density at radius 3 is 2.57 bits per heavy atom. The van der Waals surface area contributed by atoms with Crippen LogP contribution in [0.5, 0.6) is 0 Å². The summed E-state index contributed by atoms with van der Waals surface area (Å²) in [5, 5.41) is 12.2. The molecule has 1 unspecified atom stereocenters. The van der Waals surface area contributed by atoms with Gasteiger partial charge in [0.2, 0.25) is 5.91 Å². The number of ether oxygens (including phenoxy) is 1. The van der Waals surface area contributed by atoms with Gasteiger partial charge in [-0.1, -0.05) is 35.4 Å². The van der Waals surface area contributed by atoms with E-state index in [9.17, 15) is 18.3 Å². The summed E-state index contributed by atoms with van der Waals surface area (Å²) in [5.74, 6) is 0.138. The van der Waals surface area contributed by atoms with E-state index in [1.54, 1.807) is 30.5 Å². The van der Waals surface area contributed by atoms with E-state index >= 15 is 0 Å². The van der Waals surface area contributed by atoms with Crippen LogP contribution in [0.4, 0.5) is 0 Å². The van der Waals surface area contributed by atoms with Crippen molar-refractivity contribution in [3.63, 3.8) is 0 Å². The smallest absolute Gasteiger partial charge is 0.269 e. The number of pyridine rings is 1. The number of carbonyl (C=O) groups is 1. The molecule has 13 heteroatoms. The second-order valence-electron chi connectivity index (χ2n) is 11.9. The minimum absolute atomic E-state index is 0.00827. The van der Waals surface area contributed by atoms with Crippen molar-refractivity contribution in [1.82, 2.24) is 23.7 Å². The third-order valence-corrected chi connectivity index (χ3v) is 11.9. The van der Waals surface area contributed by atoms with Crippen LogP contribution in [-0.4, -0.2) is 89.6 Å². The van der Waals surface area contributed by atoms with Crippen molar-refractivity contribution in [3.05, 3.63) is 70.1 Å². The largest absolute Gasteiger partial charge is 0.378 e. The summed E-state index contributed by atoms with van der Waals surface area (Å²) in [6.07, 6.45) is 6.40. The fourth-order valence-corrected chi connectivity index (χ4v) is 9.00. The van der Waals surface area contributed by atoms with E-state index < -0.39 is 15.6 Å². The molecule has 0 radical (unpaired) electrons. The lowest BCUT2D eigenvalue weighted by Crippen LogP contribution is -2.46. The van der Waals surface area contributed by atoms with Crippen LogP contribution in [0.1, 0.15) is 29.1 Å². The zero-order chi connectivity index (χ0) is 30.8. The summed E-state index contributed by atoms with van der Waals surface area (Å²) in [5.41, 5.74) is 1.95. The van der Waals surface area contributed by atoms with Crippen molar-refractivity contribution in [2.75, 3.05) is 46.4 Å². The first-order valence-corrected chi connectivity index (χ1v) is 17.1.